The Bertz CT molecular complexity index is 467. The van der Waals surface area contributed by atoms with Crippen LogP contribution in [0, 0.1) is 0 Å². The van der Waals surface area contributed by atoms with Crippen LogP contribution < -0.4 is 0 Å². The van der Waals surface area contributed by atoms with Crippen LogP contribution in [0.5, 0.6) is 0 Å². The van der Waals surface area contributed by atoms with Gasteiger partial charge in [-0.05, 0) is 0 Å². The van der Waals surface area contributed by atoms with Crippen LogP contribution in [0.2, 0.25) is 0 Å². The van der Waals surface area contributed by atoms with Crippen molar-refractivity contribution in [1.82, 2.24) is 4.90 Å². The van der Waals surface area contributed by atoms with Crippen LogP contribution in [0.4, 0.5) is 0 Å². The van der Waals surface area contributed by atoms with E-state index in [1.807, 2.05) is 0 Å². The molecule has 0 aromatic rings. The lowest BCUT2D eigenvalue weighted by atomic mass is 9.99. The molecule has 0 aromatic carbocycles. The van der Waals surface area contributed by atoms with Crippen molar-refractivity contribution in [1.29, 1.82) is 0 Å². The molecule has 3 rings (SSSR count). The number of nitrogens with zero attached hydrogens (tertiary/aromatic N) is 1. The van der Waals surface area contributed by atoms with E-state index in [9.17, 15) is 40.9 Å². The zero-order valence-corrected chi connectivity index (χ0v) is 13.3. The van der Waals surface area contributed by atoms with Crippen molar-refractivity contribution in [3.63, 3.8) is 0 Å². The van der Waals surface area contributed by atoms with Crippen LogP contribution in [0.15, 0.2) is 0 Å². The predicted octanol–water partition coefficient (Wildman–Crippen LogP) is -5.69. The van der Waals surface area contributed by atoms with Crippen molar-refractivity contribution >= 4 is 0 Å². The van der Waals surface area contributed by atoms with Crippen LogP contribution in [0.25, 0.3) is 0 Å². The highest BCUT2D eigenvalue weighted by atomic mass is 16.7. The second-order valence-corrected chi connectivity index (χ2v) is 6.78. The van der Waals surface area contributed by atoms with E-state index in [2.05, 4.69) is 0 Å². The fourth-order valence-electron chi connectivity index (χ4n) is 3.92. The summed E-state index contributed by atoms with van der Waals surface area (Å²) in [7, 11) is 0. The van der Waals surface area contributed by atoms with Gasteiger partial charge in [0.15, 0.2) is 6.29 Å². The summed E-state index contributed by atoms with van der Waals surface area (Å²) in [4.78, 5) is 1.52. The van der Waals surface area contributed by atoms with Gasteiger partial charge in [0.1, 0.15) is 30.5 Å². The number of rotatable bonds is 4. The standard InChI is InChI=1S/C14H25NO10/c16-2-4-8(18)11(21)7-9(19)5(1-15(4)7)24-14-13(23)12(22)10(20)6(3-17)25-14/h4-14,16-23H,1-3H2/t4-,5-,6?,7+,8+,9-,10+,11+,12?,13?,14+/m0/s1. The maximum atomic E-state index is 10.4. The van der Waals surface area contributed by atoms with Gasteiger partial charge in [-0.1, -0.05) is 0 Å². The van der Waals surface area contributed by atoms with Gasteiger partial charge in [0, 0.05) is 6.54 Å². The summed E-state index contributed by atoms with van der Waals surface area (Å²) in [5, 5.41) is 78.5. The minimum atomic E-state index is -1.61. The van der Waals surface area contributed by atoms with E-state index in [4.69, 9.17) is 9.47 Å². The molecule has 0 amide bonds. The molecule has 0 aliphatic carbocycles. The van der Waals surface area contributed by atoms with E-state index >= 15 is 0 Å². The third kappa shape index (κ3) is 3.09. The first-order valence-electron chi connectivity index (χ1n) is 8.18. The molecule has 25 heavy (non-hydrogen) atoms. The molecule has 0 aromatic heterocycles. The quantitative estimate of drug-likeness (QED) is 0.237. The van der Waals surface area contributed by atoms with Gasteiger partial charge in [0.25, 0.3) is 0 Å². The highest BCUT2D eigenvalue weighted by Crippen LogP contribution is 2.36. The zero-order chi connectivity index (χ0) is 18.5. The van der Waals surface area contributed by atoms with Crippen molar-refractivity contribution in [2.45, 2.75) is 67.2 Å². The van der Waals surface area contributed by atoms with Crippen molar-refractivity contribution in [2.75, 3.05) is 19.8 Å². The maximum absolute atomic E-state index is 10.4. The van der Waals surface area contributed by atoms with Gasteiger partial charge in [0.05, 0.1) is 43.6 Å². The number of aliphatic hydroxyl groups excluding tert-OH is 8. The summed E-state index contributed by atoms with van der Waals surface area (Å²) < 4.78 is 10.8. The van der Waals surface area contributed by atoms with Crippen LogP contribution in [-0.4, -0.2) is 133 Å². The van der Waals surface area contributed by atoms with Crippen molar-refractivity contribution < 1.29 is 50.3 Å². The molecule has 3 saturated heterocycles. The SMILES string of the molecule is OCC1O[C@@H](O[C@H]2CN3[C@H]([C@H]2O)[C@@H](O)[C@H](O)[C@@H]3CO)C(O)C(O)[C@@H]1O. The van der Waals surface area contributed by atoms with Gasteiger partial charge in [-0.15, -0.1) is 0 Å². The predicted molar refractivity (Wildman–Crippen MR) is 78.0 cm³/mol. The van der Waals surface area contributed by atoms with E-state index in [1.165, 1.54) is 4.90 Å². The Hall–Kier alpha value is -0.440. The molecule has 8 N–H and O–H groups in total. The molecule has 3 aliphatic heterocycles. The van der Waals surface area contributed by atoms with Crippen LogP contribution >= 0.6 is 0 Å². The molecule has 11 atom stereocenters. The summed E-state index contributed by atoms with van der Waals surface area (Å²) in [6.07, 6.45) is -12.0. The van der Waals surface area contributed by atoms with E-state index in [0.29, 0.717) is 0 Å². The van der Waals surface area contributed by atoms with E-state index < -0.39 is 80.4 Å². The van der Waals surface area contributed by atoms with Crippen molar-refractivity contribution in [2.24, 2.45) is 0 Å². The largest absolute Gasteiger partial charge is 0.395 e. The van der Waals surface area contributed by atoms with Crippen LogP contribution in [0.3, 0.4) is 0 Å². The molecule has 3 heterocycles. The molecular formula is C14H25NO10. The molecule has 146 valence electrons. The van der Waals surface area contributed by atoms with Gasteiger partial charge in [0.2, 0.25) is 0 Å². The van der Waals surface area contributed by atoms with E-state index in [-0.39, 0.29) is 6.54 Å². The van der Waals surface area contributed by atoms with Crippen LogP contribution in [0.1, 0.15) is 0 Å². The second kappa shape index (κ2) is 7.29. The number of hydrogen-bond acceptors (Lipinski definition) is 11. The van der Waals surface area contributed by atoms with Gasteiger partial charge in [-0.2, -0.15) is 0 Å². The first-order valence-corrected chi connectivity index (χ1v) is 8.18. The van der Waals surface area contributed by atoms with Gasteiger partial charge >= 0.3 is 0 Å². The van der Waals surface area contributed by atoms with Crippen LogP contribution in [-0.2, 0) is 9.47 Å². The molecule has 0 radical (unpaired) electrons. The number of fused-ring (bicyclic) bond motifs is 1. The first-order chi connectivity index (χ1) is 11.8. The summed E-state index contributed by atoms with van der Waals surface area (Å²) in [5.41, 5.74) is 0. The Morgan fingerprint density at radius 2 is 1.48 bits per heavy atom. The number of ether oxygens (including phenoxy) is 2. The molecule has 11 nitrogen and oxygen atoms in total. The fourth-order valence-corrected chi connectivity index (χ4v) is 3.92. The lowest BCUT2D eigenvalue weighted by Crippen LogP contribution is -2.60. The Labute approximate surface area is 143 Å². The van der Waals surface area contributed by atoms with E-state index in [0.717, 1.165) is 0 Å². The fraction of sp³-hybridized carbons (Fsp3) is 1.00. The maximum Gasteiger partial charge on any atom is 0.187 e. The third-order valence-corrected chi connectivity index (χ3v) is 5.37. The Morgan fingerprint density at radius 1 is 0.800 bits per heavy atom. The van der Waals surface area contributed by atoms with E-state index in [1.54, 1.807) is 0 Å². The average molecular weight is 367 g/mol. The lowest BCUT2D eigenvalue weighted by Gasteiger charge is -2.40. The number of hydrogen-bond donors (Lipinski definition) is 8. The summed E-state index contributed by atoms with van der Waals surface area (Å²) in [6, 6.07) is -1.62. The molecule has 3 unspecified atom stereocenters. The normalized spacial score (nSPS) is 54.0. The molecule has 0 bridgehead atoms. The third-order valence-electron chi connectivity index (χ3n) is 5.37. The molecule has 11 heteroatoms. The first kappa shape index (κ1) is 19.3. The minimum absolute atomic E-state index is 0.0419. The molecule has 0 spiro atoms. The topological polar surface area (TPSA) is 184 Å². The highest BCUT2D eigenvalue weighted by Gasteiger charge is 2.58. The molecule has 3 aliphatic rings. The van der Waals surface area contributed by atoms with Gasteiger partial charge in [-0.3, -0.25) is 4.90 Å². The van der Waals surface area contributed by atoms with Gasteiger partial charge in [-0.25, -0.2) is 0 Å². The zero-order valence-electron chi connectivity index (χ0n) is 13.3. The molecule has 3 fully saturated rings. The van der Waals surface area contributed by atoms with Crippen molar-refractivity contribution in [3.05, 3.63) is 0 Å². The molecular weight excluding hydrogens is 342 g/mol. The monoisotopic (exact) mass is 367 g/mol. The Balaban J connectivity index is 1.70. The van der Waals surface area contributed by atoms with Crippen molar-refractivity contribution in [3.8, 4) is 0 Å². The number of aliphatic hydroxyl groups is 8. The summed E-state index contributed by atoms with van der Waals surface area (Å²) in [6.45, 7) is -0.987. The smallest absolute Gasteiger partial charge is 0.187 e. The molecule has 0 saturated carbocycles. The van der Waals surface area contributed by atoms with Gasteiger partial charge < -0.3 is 50.3 Å². The Morgan fingerprint density at radius 3 is 2.08 bits per heavy atom. The summed E-state index contributed by atoms with van der Waals surface area (Å²) >= 11 is 0. The minimum Gasteiger partial charge on any atom is -0.395 e. The Kier molecular flexibility index (Phi) is 5.63. The average Bonchev–Trinajstić information content (AvgIpc) is 3.03. The highest BCUT2D eigenvalue weighted by molar-refractivity contribution is 5.10. The summed E-state index contributed by atoms with van der Waals surface area (Å²) in [5.74, 6) is 0. The second-order valence-electron chi connectivity index (χ2n) is 6.78. The lowest BCUT2D eigenvalue weighted by molar-refractivity contribution is -0.314.